The molecule has 2 aromatic rings. The molecule has 1 N–H and O–H groups in total. The fourth-order valence-corrected chi connectivity index (χ4v) is 1.92. The Bertz CT molecular complexity index is 509. The number of aromatic nitrogens is 1. The van der Waals surface area contributed by atoms with E-state index >= 15 is 0 Å². The number of hydrogen-bond donors (Lipinski definition) is 1. The molecule has 1 atom stereocenters. The van der Waals surface area contributed by atoms with Gasteiger partial charge in [0, 0.05) is 24.5 Å². The highest BCUT2D eigenvalue weighted by Crippen LogP contribution is 2.15. The van der Waals surface area contributed by atoms with E-state index in [2.05, 4.69) is 10.3 Å². The lowest BCUT2D eigenvalue weighted by Gasteiger charge is -2.14. The van der Waals surface area contributed by atoms with Gasteiger partial charge in [-0.1, -0.05) is 6.07 Å². The van der Waals surface area contributed by atoms with Crippen LogP contribution in [0.3, 0.4) is 0 Å². The molecule has 2 rings (SSSR count). The fraction of sp³-hybridized carbons (Fsp3) is 0.267. The van der Waals surface area contributed by atoms with Crippen molar-refractivity contribution in [3.63, 3.8) is 0 Å². The van der Waals surface area contributed by atoms with Crippen LogP contribution in [0.5, 0.6) is 0 Å². The Balaban J connectivity index is 1.89. The first-order valence-corrected chi connectivity index (χ1v) is 6.23. The van der Waals surface area contributed by atoms with Crippen molar-refractivity contribution in [3.8, 4) is 0 Å². The number of nitrogens with zero attached hydrogens (tertiary/aromatic N) is 1. The third-order valence-electron chi connectivity index (χ3n) is 2.97. The van der Waals surface area contributed by atoms with Gasteiger partial charge in [-0.2, -0.15) is 0 Å². The van der Waals surface area contributed by atoms with Gasteiger partial charge < -0.3 is 5.32 Å². The Kier molecular flexibility index (Phi) is 4.58. The van der Waals surface area contributed by atoms with Crippen molar-refractivity contribution in [3.05, 3.63) is 65.5 Å². The van der Waals surface area contributed by atoms with E-state index in [0.717, 1.165) is 24.6 Å². The molecule has 0 aliphatic heterocycles. The van der Waals surface area contributed by atoms with E-state index in [0.29, 0.717) is 5.56 Å². The highest BCUT2D eigenvalue weighted by atomic mass is 19.1. The molecular weight excluding hydrogens is 246 g/mol. The molecule has 1 heterocycles. The van der Waals surface area contributed by atoms with E-state index in [4.69, 9.17) is 0 Å². The van der Waals surface area contributed by atoms with Crippen molar-refractivity contribution in [2.45, 2.75) is 19.4 Å². The van der Waals surface area contributed by atoms with Crippen LogP contribution in [-0.4, -0.2) is 11.5 Å². The van der Waals surface area contributed by atoms with E-state index in [1.165, 1.54) is 12.1 Å². The zero-order valence-electron chi connectivity index (χ0n) is 10.7. The van der Waals surface area contributed by atoms with Crippen molar-refractivity contribution in [1.82, 2.24) is 10.3 Å². The van der Waals surface area contributed by atoms with Crippen molar-refractivity contribution in [2.75, 3.05) is 6.54 Å². The quantitative estimate of drug-likeness (QED) is 0.894. The average Bonchev–Trinajstić information content (AvgIpc) is 2.38. The molecule has 1 aromatic carbocycles. The minimum atomic E-state index is -0.545. The molecule has 1 aromatic heterocycles. The van der Waals surface area contributed by atoms with E-state index in [1.54, 1.807) is 6.20 Å². The van der Waals surface area contributed by atoms with E-state index in [1.807, 2.05) is 25.3 Å². The lowest BCUT2D eigenvalue weighted by atomic mass is 10.1. The van der Waals surface area contributed by atoms with Gasteiger partial charge in [0.15, 0.2) is 0 Å². The Hall–Kier alpha value is -1.81. The summed E-state index contributed by atoms with van der Waals surface area (Å²) in [6.07, 6.45) is 4.37. The molecule has 0 fully saturated rings. The van der Waals surface area contributed by atoms with Crippen LogP contribution < -0.4 is 5.32 Å². The summed E-state index contributed by atoms with van der Waals surface area (Å²) in [4.78, 5) is 4.04. The maximum atomic E-state index is 13.1. The van der Waals surface area contributed by atoms with Gasteiger partial charge in [0.2, 0.25) is 0 Å². The third-order valence-corrected chi connectivity index (χ3v) is 2.97. The first kappa shape index (κ1) is 13.6. The maximum Gasteiger partial charge on any atom is 0.126 e. The summed E-state index contributed by atoms with van der Waals surface area (Å²) < 4.78 is 26.2. The van der Waals surface area contributed by atoms with Gasteiger partial charge >= 0.3 is 0 Å². The van der Waals surface area contributed by atoms with Gasteiger partial charge in [0.25, 0.3) is 0 Å². The SMILES string of the molecule is CC(NCCc1cccnc1)c1cc(F)cc(F)c1. The van der Waals surface area contributed by atoms with Gasteiger partial charge in [0.05, 0.1) is 0 Å². The monoisotopic (exact) mass is 262 g/mol. The number of benzene rings is 1. The fourth-order valence-electron chi connectivity index (χ4n) is 1.92. The van der Waals surface area contributed by atoms with Crippen molar-refractivity contribution < 1.29 is 8.78 Å². The number of rotatable bonds is 5. The highest BCUT2D eigenvalue weighted by Gasteiger charge is 2.08. The van der Waals surface area contributed by atoms with Crippen LogP contribution in [0.4, 0.5) is 8.78 Å². The molecule has 0 aliphatic rings. The first-order valence-electron chi connectivity index (χ1n) is 6.23. The van der Waals surface area contributed by atoms with Crippen LogP contribution in [0.2, 0.25) is 0 Å². The second-order valence-corrected chi connectivity index (χ2v) is 4.49. The lowest BCUT2D eigenvalue weighted by Crippen LogP contribution is -2.21. The molecular formula is C15H16F2N2. The second kappa shape index (κ2) is 6.38. The molecule has 1 unspecified atom stereocenters. The van der Waals surface area contributed by atoms with Gasteiger partial charge in [-0.25, -0.2) is 8.78 Å². The first-order chi connectivity index (χ1) is 9.15. The normalized spacial score (nSPS) is 12.4. The molecule has 0 amide bonds. The summed E-state index contributed by atoms with van der Waals surface area (Å²) >= 11 is 0. The number of hydrogen-bond acceptors (Lipinski definition) is 2. The average molecular weight is 262 g/mol. The molecule has 4 heteroatoms. The smallest absolute Gasteiger partial charge is 0.126 e. The molecule has 2 nitrogen and oxygen atoms in total. The Morgan fingerprint density at radius 3 is 2.58 bits per heavy atom. The van der Waals surface area contributed by atoms with Crippen LogP contribution in [-0.2, 0) is 6.42 Å². The predicted molar refractivity (Wildman–Crippen MR) is 70.7 cm³/mol. The Morgan fingerprint density at radius 2 is 1.95 bits per heavy atom. The molecule has 0 saturated carbocycles. The van der Waals surface area contributed by atoms with Crippen molar-refractivity contribution in [2.24, 2.45) is 0 Å². The molecule has 0 spiro atoms. The van der Waals surface area contributed by atoms with Gasteiger partial charge in [0.1, 0.15) is 11.6 Å². The summed E-state index contributed by atoms with van der Waals surface area (Å²) in [5.41, 5.74) is 1.75. The third kappa shape index (κ3) is 4.10. The van der Waals surface area contributed by atoms with Crippen LogP contribution in [0, 0.1) is 11.6 Å². The van der Waals surface area contributed by atoms with Crippen LogP contribution in [0.1, 0.15) is 24.1 Å². The molecule has 0 aliphatic carbocycles. The van der Waals surface area contributed by atoms with Crippen LogP contribution in [0.25, 0.3) is 0 Å². The summed E-state index contributed by atoms with van der Waals surface area (Å²) in [6, 6.07) is 7.38. The Morgan fingerprint density at radius 1 is 1.21 bits per heavy atom. The molecule has 0 bridgehead atoms. The zero-order chi connectivity index (χ0) is 13.7. The van der Waals surface area contributed by atoms with Crippen LogP contribution >= 0.6 is 0 Å². The summed E-state index contributed by atoms with van der Waals surface area (Å²) in [5.74, 6) is -1.09. The van der Waals surface area contributed by atoms with Gasteiger partial charge in [-0.15, -0.1) is 0 Å². The molecule has 0 radical (unpaired) electrons. The number of pyridine rings is 1. The van der Waals surface area contributed by atoms with E-state index in [-0.39, 0.29) is 6.04 Å². The van der Waals surface area contributed by atoms with E-state index in [9.17, 15) is 8.78 Å². The molecule has 100 valence electrons. The topological polar surface area (TPSA) is 24.9 Å². The van der Waals surface area contributed by atoms with Gasteiger partial charge in [-0.3, -0.25) is 4.98 Å². The standard InChI is InChI=1S/C15H16F2N2/c1-11(13-7-14(16)9-15(17)8-13)19-6-4-12-3-2-5-18-10-12/h2-3,5,7-11,19H,4,6H2,1H3. The number of nitrogens with one attached hydrogen (secondary N) is 1. The van der Waals surface area contributed by atoms with Crippen molar-refractivity contribution in [1.29, 1.82) is 0 Å². The van der Waals surface area contributed by atoms with Crippen LogP contribution in [0.15, 0.2) is 42.7 Å². The number of halogens is 2. The summed E-state index contributed by atoms with van der Waals surface area (Å²) in [5, 5.41) is 3.24. The predicted octanol–water partition coefficient (Wildman–Crippen LogP) is 3.25. The highest BCUT2D eigenvalue weighted by molar-refractivity contribution is 5.21. The van der Waals surface area contributed by atoms with Crippen molar-refractivity contribution >= 4 is 0 Å². The largest absolute Gasteiger partial charge is 0.310 e. The minimum absolute atomic E-state index is 0.0955. The maximum absolute atomic E-state index is 13.1. The van der Waals surface area contributed by atoms with Gasteiger partial charge in [-0.05, 0) is 49.2 Å². The van der Waals surface area contributed by atoms with E-state index < -0.39 is 11.6 Å². The lowest BCUT2D eigenvalue weighted by molar-refractivity contribution is 0.547. The Labute approximate surface area is 111 Å². The summed E-state index contributed by atoms with van der Waals surface area (Å²) in [7, 11) is 0. The molecule has 0 saturated heterocycles. The second-order valence-electron chi connectivity index (χ2n) is 4.49. The summed E-state index contributed by atoms with van der Waals surface area (Å²) in [6.45, 7) is 2.61. The molecule has 19 heavy (non-hydrogen) atoms. The minimum Gasteiger partial charge on any atom is -0.310 e. The zero-order valence-corrected chi connectivity index (χ0v) is 10.7.